The van der Waals surface area contributed by atoms with Crippen LogP contribution in [0.25, 0.3) is 21.5 Å². The highest BCUT2D eigenvalue weighted by Gasteiger charge is 2.19. The van der Waals surface area contributed by atoms with E-state index >= 15 is 0 Å². The van der Waals surface area contributed by atoms with Gasteiger partial charge in [-0.1, -0.05) is 13.8 Å². The van der Waals surface area contributed by atoms with Gasteiger partial charge in [0.05, 0.1) is 28.2 Å². The van der Waals surface area contributed by atoms with Crippen molar-refractivity contribution in [2.75, 3.05) is 44.8 Å². The van der Waals surface area contributed by atoms with Crippen molar-refractivity contribution >= 4 is 38.0 Å². The average molecular weight is 469 g/mol. The van der Waals surface area contributed by atoms with E-state index in [1.165, 1.54) is 12.1 Å². The van der Waals surface area contributed by atoms with Gasteiger partial charge in [0, 0.05) is 19.5 Å². The van der Waals surface area contributed by atoms with E-state index in [-0.39, 0.29) is 34.7 Å². The summed E-state index contributed by atoms with van der Waals surface area (Å²) in [6.45, 7) is 7.02. The lowest BCUT2D eigenvalue weighted by atomic mass is 10.1. The first-order valence-corrected chi connectivity index (χ1v) is 13.2. The molecule has 3 rings (SSSR count). The maximum absolute atomic E-state index is 12.5. The number of hydrogen-bond acceptors (Lipinski definition) is 7. The predicted octanol–water partition coefficient (Wildman–Crippen LogP) is 1.30. The zero-order chi connectivity index (χ0) is 24.6. The molecule has 0 saturated heterocycles. The maximum atomic E-state index is 12.5. The molecule has 0 N–H and O–H groups in total. The van der Waals surface area contributed by atoms with E-state index in [0.29, 0.717) is 11.2 Å². The van der Waals surface area contributed by atoms with E-state index in [2.05, 4.69) is 23.5 Å². The molecule has 0 spiro atoms. The number of fused-ring (bicyclic) bond motifs is 2. The van der Waals surface area contributed by atoms with Crippen LogP contribution in [-0.2, 0) is 21.0 Å². The third-order valence-electron chi connectivity index (χ3n) is 4.46. The highest BCUT2D eigenvalue weighted by atomic mass is 32.3. The van der Waals surface area contributed by atoms with Crippen LogP contribution in [0.5, 0.6) is 0 Å². The van der Waals surface area contributed by atoms with Crippen molar-refractivity contribution in [2.45, 2.75) is 27.5 Å². The molecule has 9 nitrogen and oxygen atoms in total. The van der Waals surface area contributed by atoms with Crippen molar-refractivity contribution < 1.29 is 14.3 Å². The van der Waals surface area contributed by atoms with Crippen molar-refractivity contribution in [1.82, 2.24) is 9.13 Å². The van der Waals surface area contributed by atoms with Gasteiger partial charge in [0.15, 0.2) is 0 Å². The molecule has 0 fully saturated rings. The van der Waals surface area contributed by atoms with Crippen LogP contribution >= 0.6 is 10.0 Å². The fraction of sp³-hybridized carbons (Fsp3) is 0.500. The number of aromatic nitrogens is 2. The van der Waals surface area contributed by atoms with Crippen LogP contribution in [0, 0.1) is 0 Å². The maximum Gasteiger partial charge on any atom is 0.268 e. The fourth-order valence-corrected chi connectivity index (χ4v) is 3.34. The molecule has 2 aromatic heterocycles. The molecule has 10 heteroatoms. The monoisotopic (exact) mass is 468 g/mol. The molecule has 0 unspecified atom stereocenters. The molecule has 0 atom stereocenters. The molecule has 0 amide bonds. The van der Waals surface area contributed by atoms with Crippen molar-refractivity contribution in [3.63, 3.8) is 0 Å². The van der Waals surface area contributed by atoms with Gasteiger partial charge in [-0.2, -0.15) is 0 Å². The van der Waals surface area contributed by atoms with Crippen molar-refractivity contribution in [3.05, 3.63) is 53.5 Å². The lowest BCUT2D eigenvalue weighted by Crippen LogP contribution is -2.27. The minimum absolute atomic E-state index is 0.0349. The predicted molar refractivity (Wildman–Crippen MR) is 132 cm³/mol. The Morgan fingerprint density at radius 2 is 1.28 bits per heavy atom. The number of carbonyl (C=O) groups is 1. The second kappa shape index (κ2) is 11.9. The van der Waals surface area contributed by atoms with E-state index in [4.69, 9.17) is 4.74 Å². The Kier molecular flexibility index (Phi) is 10.2. The number of hydrogen-bond donors (Lipinski definition) is 0. The summed E-state index contributed by atoms with van der Waals surface area (Å²) in [5, 5.41) is -0.0393. The minimum atomic E-state index is -0.800. The quantitative estimate of drug-likeness (QED) is 0.379. The van der Waals surface area contributed by atoms with Gasteiger partial charge in [0.2, 0.25) is 6.41 Å². The third kappa shape index (κ3) is 6.02. The molecular formula is C22H32N2O7S. The first-order chi connectivity index (χ1) is 15.1. The van der Waals surface area contributed by atoms with Gasteiger partial charge in [0.1, 0.15) is 6.73 Å². The Bertz CT molecular complexity index is 1180. The first kappa shape index (κ1) is 27.5. The van der Waals surface area contributed by atoms with Crippen LogP contribution in [-0.4, -0.2) is 60.4 Å². The van der Waals surface area contributed by atoms with Crippen LogP contribution in [0.2, 0.25) is 0 Å². The van der Waals surface area contributed by atoms with Crippen LogP contribution < -0.4 is 22.2 Å². The van der Waals surface area contributed by atoms with Crippen LogP contribution in [0.15, 0.2) is 31.3 Å². The molecule has 178 valence electrons. The van der Waals surface area contributed by atoms with Crippen molar-refractivity contribution in [3.8, 4) is 0 Å². The Labute approximate surface area is 187 Å². The van der Waals surface area contributed by atoms with E-state index in [0.717, 1.165) is 16.9 Å². The second-order valence-electron chi connectivity index (χ2n) is 7.48. The molecule has 0 aliphatic rings. The fourth-order valence-electron chi connectivity index (χ4n) is 2.72. The number of rotatable bonds is 7. The Balaban J connectivity index is 0.000000769. The number of methoxy groups -OCH3 is 1. The molecule has 0 radical (unpaired) electrons. The average Bonchev–Trinajstić information content (AvgIpc) is 3.15. The normalized spacial score (nSPS) is 11.6. The first-order valence-electron chi connectivity index (χ1n) is 10.2. The summed E-state index contributed by atoms with van der Waals surface area (Å²) in [7, 11) is 0.931. The summed E-state index contributed by atoms with van der Waals surface area (Å²) in [5.41, 5.74) is -2.77. The second-order valence-corrected chi connectivity index (χ2v) is 12.1. The summed E-state index contributed by atoms with van der Waals surface area (Å²) < 4.78 is 11.4. The Morgan fingerprint density at radius 1 is 0.875 bits per heavy atom. The number of benzene rings is 1. The van der Waals surface area contributed by atoms with E-state index in [1.54, 1.807) is 7.11 Å². The molecule has 1 aromatic carbocycles. The van der Waals surface area contributed by atoms with Crippen LogP contribution in [0.4, 0.5) is 0 Å². The molecule has 0 aliphatic carbocycles. The number of carbonyl (C=O) groups excluding carboxylic acids is 1. The zero-order valence-corrected chi connectivity index (χ0v) is 20.5. The topological polar surface area (TPSA) is 114 Å². The Morgan fingerprint density at radius 3 is 1.62 bits per heavy atom. The van der Waals surface area contributed by atoms with Crippen molar-refractivity contribution in [1.29, 1.82) is 0 Å². The SMILES string of the molecule is CC.CCOC.CS(C)(C)CCOCn1c(=O)c2cc3c(=O)n(C=O)c(=O)c3cc2c1=O. The Hall–Kier alpha value is -2.56. The summed E-state index contributed by atoms with van der Waals surface area (Å²) in [6, 6.07) is 2.40. The number of nitrogens with zero attached hydrogens (tertiary/aromatic N) is 2. The minimum Gasteiger partial charge on any atom is -0.385 e. The molecule has 2 heterocycles. The lowest BCUT2D eigenvalue weighted by molar-refractivity contribution is 0.0862. The third-order valence-corrected chi connectivity index (χ3v) is 5.85. The number of ether oxygens (including phenoxy) is 2. The largest absolute Gasteiger partial charge is 0.385 e. The van der Waals surface area contributed by atoms with E-state index in [9.17, 15) is 24.0 Å². The standard InChI is InChI=1S/C17H18N2O6S.C3H8O.C2H6/c1-26(2,3)5-4-25-9-19-16(23)12-6-10-11(7-13(12)17(19)24)15(22)18(8-20)14(10)21;1-3-4-2;1-2/h6-8H,4-5,9H2,1-3H3;3H2,1-2H3;1-2H3. The molecule has 0 saturated carbocycles. The van der Waals surface area contributed by atoms with Gasteiger partial charge >= 0.3 is 0 Å². The highest BCUT2D eigenvalue weighted by molar-refractivity contribution is 8.32. The van der Waals surface area contributed by atoms with Gasteiger partial charge in [-0.05, 0) is 37.8 Å². The van der Waals surface area contributed by atoms with Gasteiger partial charge in [-0.3, -0.25) is 24.0 Å². The molecule has 3 aromatic rings. The zero-order valence-electron chi connectivity index (χ0n) is 19.7. The summed E-state index contributed by atoms with van der Waals surface area (Å²) >= 11 is 0. The van der Waals surface area contributed by atoms with Crippen molar-refractivity contribution in [2.24, 2.45) is 0 Å². The molecule has 32 heavy (non-hydrogen) atoms. The van der Waals surface area contributed by atoms with Gasteiger partial charge in [-0.15, -0.1) is 0 Å². The summed E-state index contributed by atoms with van der Waals surface area (Å²) in [6.07, 6.45) is 6.53. The van der Waals surface area contributed by atoms with Crippen LogP contribution in [0.3, 0.4) is 0 Å². The van der Waals surface area contributed by atoms with Gasteiger partial charge < -0.3 is 9.47 Å². The van der Waals surface area contributed by atoms with E-state index < -0.39 is 32.3 Å². The summed E-state index contributed by atoms with van der Waals surface area (Å²) in [4.78, 5) is 60.0. The van der Waals surface area contributed by atoms with Crippen LogP contribution in [0.1, 0.15) is 20.8 Å². The highest BCUT2D eigenvalue weighted by Crippen LogP contribution is 2.33. The summed E-state index contributed by atoms with van der Waals surface area (Å²) in [5.74, 6) is 0.842. The lowest BCUT2D eigenvalue weighted by Gasteiger charge is -2.24. The van der Waals surface area contributed by atoms with Gasteiger partial charge in [0.25, 0.3) is 22.2 Å². The van der Waals surface area contributed by atoms with E-state index in [1.807, 2.05) is 20.8 Å². The molecule has 0 bridgehead atoms. The van der Waals surface area contributed by atoms with Gasteiger partial charge in [-0.25, -0.2) is 19.2 Å². The smallest absolute Gasteiger partial charge is 0.268 e. The molecule has 0 aliphatic heterocycles. The molecular weight excluding hydrogens is 436 g/mol.